The zero-order valence-electron chi connectivity index (χ0n) is 12.0. The van der Waals surface area contributed by atoms with Crippen molar-refractivity contribution < 1.29 is 9.59 Å². The molecule has 0 aromatic heterocycles. The van der Waals surface area contributed by atoms with Crippen molar-refractivity contribution in [1.82, 2.24) is 15.2 Å². The topological polar surface area (TPSA) is 65.0 Å². The highest BCUT2D eigenvalue weighted by atomic mass is 16.2. The molecule has 1 N–H and O–H groups in total. The first-order valence-electron chi connectivity index (χ1n) is 7.54. The van der Waals surface area contributed by atoms with Gasteiger partial charge in [0.15, 0.2) is 0 Å². The smallest absolute Gasteiger partial charge is 0.267 e. The van der Waals surface area contributed by atoms with Crippen LogP contribution in [0.25, 0.3) is 0 Å². The molecule has 3 heterocycles. The van der Waals surface area contributed by atoms with E-state index in [9.17, 15) is 9.59 Å². The number of piperidine rings is 1. The van der Waals surface area contributed by atoms with E-state index < -0.39 is 0 Å². The quantitative estimate of drug-likeness (QED) is 0.792. The summed E-state index contributed by atoms with van der Waals surface area (Å²) in [5.41, 5.74) is 0.487. The number of rotatable bonds is 2. The monoisotopic (exact) mass is 278 g/mol. The van der Waals surface area contributed by atoms with Crippen LogP contribution in [0.1, 0.15) is 38.5 Å². The van der Waals surface area contributed by atoms with E-state index in [4.69, 9.17) is 0 Å². The third kappa shape index (κ3) is 2.57. The number of hydrogen-bond acceptors (Lipinski definition) is 4. The Labute approximate surface area is 119 Å². The average Bonchev–Trinajstić information content (AvgIpc) is 2.85. The van der Waals surface area contributed by atoms with Gasteiger partial charge in [0.05, 0.1) is 0 Å². The number of hydrogen-bond donors (Lipinski definition) is 1. The van der Waals surface area contributed by atoms with E-state index in [-0.39, 0.29) is 17.9 Å². The van der Waals surface area contributed by atoms with Crippen molar-refractivity contribution in [3.63, 3.8) is 0 Å². The highest BCUT2D eigenvalue weighted by molar-refractivity contribution is 6.39. The zero-order chi connectivity index (χ0) is 14.1. The van der Waals surface area contributed by atoms with Crippen molar-refractivity contribution in [1.29, 1.82) is 0 Å². The number of carbonyl (C=O) groups is 2. The summed E-state index contributed by atoms with van der Waals surface area (Å²) in [6.45, 7) is 2.25. The molecular formula is C14H22N4O2. The van der Waals surface area contributed by atoms with Gasteiger partial charge in [0.1, 0.15) is 5.71 Å². The molecule has 6 nitrogen and oxygen atoms in total. The van der Waals surface area contributed by atoms with E-state index in [0.29, 0.717) is 24.6 Å². The first kappa shape index (κ1) is 13.5. The Morgan fingerprint density at radius 1 is 1.25 bits per heavy atom. The van der Waals surface area contributed by atoms with Crippen LogP contribution < -0.4 is 5.32 Å². The maximum Gasteiger partial charge on any atom is 0.267 e. The molecule has 0 aromatic carbocycles. The molecule has 0 bridgehead atoms. The Kier molecular flexibility index (Phi) is 3.74. The molecule has 0 radical (unpaired) electrons. The third-order valence-corrected chi connectivity index (χ3v) is 4.64. The molecule has 2 saturated heterocycles. The van der Waals surface area contributed by atoms with Gasteiger partial charge in [-0.2, -0.15) is 5.10 Å². The summed E-state index contributed by atoms with van der Waals surface area (Å²) in [6.07, 6.45) is 5.57. The van der Waals surface area contributed by atoms with Gasteiger partial charge in [-0.05, 0) is 25.8 Å². The van der Waals surface area contributed by atoms with Crippen LogP contribution in [0.4, 0.5) is 0 Å². The first-order chi connectivity index (χ1) is 9.65. The zero-order valence-corrected chi connectivity index (χ0v) is 12.0. The minimum absolute atomic E-state index is 0.0270. The number of hydrazone groups is 1. The minimum Gasteiger partial charge on any atom is -0.347 e. The second-order valence-electron chi connectivity index (χ2n) is 5.93. The van der Waals surface area contributed by atoms with E-state index in [0.717, 1.165) is 19.5 Å². The molecule has 0 aliphatic carbocycles. The number of carbonyl (C=O) groups excluding carboxylic acids is 2. The van der Waals surface area contributed by atoms with Crippen molar-refractivity contribution in [2.24, 2.45) is 5.10 Å². The van der Waals surface area contributed by atoms with Gasteiger partial charge in [-0.25, -0.2) is 5.01 Å². The van der Waals surface area contributed by atoms with Crippen LogP contribution >= 0.6 is 0 Å². The second-order valence-corrected chi connectivity index (χ2v) is 5.93. The first-order valence-corrected chi connectivity index (χ1v) is 7.54. The lowest BCUT2D eigenvalue weighted by Crippen LogP contribution is -2.49. The molecule has 6 heteroatoms. The van der Waals surface area contributed by atoms with Crippen LogP contribution in [0.2, 0.25) is 0 Å². The summed E-state index contributed by atoms with van der Waals surface area (Å²) in [5.74, 6) is -0.123. The molecule has 3 aliphatic heterocycles. The largest absolute Gasteiger partial charge is 0.347 e. The van der Waals surface area contributed by atoms with Crippen LogP contribution in [-0.2, 0) is 9.59 Å². The fourth-order valence-electron chi connectivity index (χ4n) is 3.50. The predicted molar refractivity (Wildman–Crippen MR) is 75.2 cm³/mol. The Hall–Kier alpha value is -1.43. The number of fused-ring (bicyclic) bond motifs is 1. The fourth-order valence-corrected chi connectivity index (χ4v) is 3.50. The maximum absolute atomic E-state index is 12.3. The standard InChI is InChI=1S/C14H22N4O2/c1-17-13(19)6-5-11(16-17)14(20)15-10-7-9-18-8-3-2-4-12(10)18/h10,12H,2-9H2,1H3,(H,15,20)/t10-,12+/m1/s1. The van der Waals surface area contributed by atoms with E-state index >= 15 is 0 Å². The average molecular weight is 278 g/mol. The number of nitrogens with zero attached hydrogens (tertiary/aromatic N) is 3. The summed E-state index contributed by atoms with van der Waals surface area (Å²) in [4.78, 5) is 26.2. The van der Waals surface area contributed by atoms with Crippen LogP contribution in [0.15, 0.2) is 5.10 Å². The van der Waals surface area contributed by atoms with Crippen LogP contribution in [0, 0.1) is 0 Å². The molecule has 0 saturated carbocycles. The van der Waals surface area contributed by atoms with Gasteiger partial charge in [0, 0.05) is 38.5 Å². The molecule has 2 amide bonds. The Balaban J connectivity index is 1.62. The Bertz CT molecular complexity index is 448. The van der Waals surface area contributed by atoms with Crippen LogP contribution in [-0.4, -0.2) is 59.7 Å². The van der Waals surface area contributed by atoms with Crippen LogP contribution in [0.5, 0.6) is 0 Å². The molecule has 2 fully saturated rings. The highest BCUT2D eigenvalue weighted by Gasteiger charge is 2.37. The normalized spacial score (nSPS) is 30.9. The number of amides is 2. The van der Waals surface area contributed by atoms with E-state index in [2.05, 4.69) is 15.3 Å². The molecule has 0 spiro atoms. The van der Waals surface area contributed by atoms with Crippen molar-refractivity contribution in [3.05, 3.63) is 0 Å². The summed E-state index contributed by atoms with van der Waals surface area (Å²) in [6, 6.07) is 0.740. The predicted octanol–water partition coefficient (Wildman–Crippen LogP) is 0.338. The molecule has 110 valence electrons. The molecule has 0 unspecified atom stereocenters. The van der Waals surface area contributed by atoms with Gasteiger partial charge in [-0.15, -0.1) is 0 Å². The lowest BCUT2D eigenvalue weighted by Gasteiger charge is -2.32. The molecule has 3 aliphatic rings. The van der Waals surface area contributed by atoms with Gasteiger partial charge in [0.25, 0.3) is 5.91 Å². The lowest BCUT2D eigenvalue weighted by molar-refractivity contribution is -0.130. The van der Waals surface area contributed by atoms with Gasteiger partial charge in [-0.3, -0.25) is 14.5 Å². The molecule has 3 rings (SSSR count). The molecular weight excluding hydrogens is 256 g/mol. The van der Waals surface area contributed by atoms with E-state index in [1.54, 1.807) is 7.05 Å². The highest BCUT2D eigenvalue weighted by Crippen LogP contribution is 2.27. The van der Waals surface area contributed by atoms with Gasteiger partial charge in [-0.1, -0.05) is 6.42 Å². The van der Waals surface area contributed by atoms with Crippen molar-refractivity contribution in [3.8, 4) is 0 Å². The molecule has 0 aromatic rings. The minimum atomic E-state index is -0.0956. The summed E-state index contributed by atoms with van der Waals surface area (Å²) in [5, 5.41) is 8.50. The second kappa shape index (κ2) is 5.52. The number of nitrogens with one attached hydrogen (secondary N) is 1. The molecule has 20 heavy (non-hydrogen) atoms. The van der Waals surface area contributed by atoms with Crippen molar-refractivity contribution >= 4 is 17.5 Å². The van der Waals surface area contributed by atoms with Gasteiger partial charge < -0.3 is 5.32 Å². The Morgan fingerprint density at radius 3 is 2.90 bits per heavy atom. The third-order valence-electron chi connectivity index (χ3n) is 4.64. The van der Waals surface area contributed by atoms with Crippen LogP contribution in [0.3, 0.4) is 0 Å². The van der Waals surface area contributed by atoms with Crippen molar-refractivity contribution in [2.75, 3.05) is 20.1 Å². The van der Waals surface area contributed by atoms with Gasteiger partial charge >= 0.3 is 0 Å². The van der Waals surface area contributed by atoms with Gasteiger partial charge in [0.2, 0.25) is 5.91 Å². The SMILES string of the molecule is CN1N=C(C(=O)N[C@@H]2CCN3CCCC[C@@H]23)CCC1=O. The summed E-state index contributed by atoms with van der Waals surface area (Å²) >= 11 is 0. The maximum atomic E-state index is 12.3. The van der Waals surface area contributed by atoms with E-state index in [1.165, 1.54) is 24.3 Å². The Morgan fingerprint density at radius 2 is 2.10 bits per heavy atom. The fraction of sp³-hybridized carbons (Fsp3) is 0.786. The van der Waals surface area contributed by atoms with E-state index in [1.807, 2.05) is 0 Å². The lowest BCUT2D eigenvalue weighted by atomic mass is 9.98. The molecule has 2 atom stereocenters. The van der Waals surface area contributed by atoms with Crippen molar-refractivity contribution in [2.45, 2.75) is 50.6 Å². The summed E-state index contributed by atoms with van der Waals surface area (Å²) < 4.78 is 0. The summed E-state index contributed by atoms with van der Waals surface area (Å²) in [7, 11) is 1.60.